The van der Waals surface area contributed by atoms with Crippen molar-refractivity contribution in [3.8, 4) is 0 Å². The number of fused-ring (bicyclic) bond motifs is 1. The number of carbonyl (C=O) groups is 1. The van der Waals surface area contributed by atoms with Crippen molar-refractivity contribution in [1.29, 1.82) is 0 Å². The van der Waals surface area contributed by atoms with Gasteiger partial charge in [-0.2, -0.15) is 0 Å². The lowest BCUT2D eigenvalue weighted by Gasteiger charge is -2.39. The first-order valence-corrected chi connectivity index (χ1v) is 13.1. The zero-order valence-electron chi connectivity index (χ0n) is 19.8. The lowest BCUT2D eigenvalue weighted by Crippen LogP contribution is -2.44. The zero-order valence-corrected chi connectivity index (χ0v) is 20.6. The molecule has 0 unspecified atom stereocenters. The molecule has 2 aromatic rings. The van der Waals surface area contributed by atoms with Crippen LogP contribution in [0.4, 0.5) is 5.69 Å². The van der Waals surface area contributed by atoms with Gasteiger partial charge in [0.2, 0.25) is 0 Å². The molecule has 0 aromatic heterocycles. The second kappa shape index (κ2) is 10.8. The summed E-state index contributed by atoms with van der Waals surface area (Å²) in [4.78, 5) is 19.1. The monoisotopic (exact) mass is 451 g/mol. The molecule has 1 saturated heterocycles. The van der Waals surface area contributed by atoms with E-state index in [0.717, 1.165) is 43.9 Å². The Balaban J connectivity index is 1.34. The summed E-state index contributed by atoms with van der Waals surface area (Å²) >= 11 is 1.88. The van der Waals surface area contributed by atoms with E-state index in [0.29, 0.717) is 12.1 Å². The van der Waals surface area contributed by atoms with Gasteiger partial charge in [-0.1, -0.05) is 36.2 Å². The number of nitrogens with one attached hydrogen (secondary N) is 1. The molecule has 4 nitrogen and oxygen atoms in total. The smallest absolute Gasteiger partial charge is 0.251 e. The van der Waals surface area contributed by atoms with E-state index in [2.05, 4.69) is 72.3 Å². The fourth-order valence-corrected chi connectivity index (χ4v) is 6.01. The Hall–Kier alpha value is -1.98. The molecular weight excluding hydrogens is 414 g/mol. The molecule has 2 aromatic carbocycles. The molecule has 0 bridgehead atoms. The second-order valence-corrected chi connectivity index (χ2v) is 10.6. The number of piperidine rings is 1. The lowest BCUT2D eigenvalue weighted by molar-refractivity contribution is 0.0925. The van der Waals surface area contributed by atoms with Crippen LogP contribution in [0.2, 0.25) is 0 Å². The topological polar surface area (TPSA) is 35.6 Å². The number of amides is 1. The molecule has 32 heavy (non-hydrogen) atoms. The van der Waals surface area contributed by atoms with Crippen LogP contribution in [0.3, 0.4) is 0 Å². The lowest BCUT2D eigenvalue weighted by atomic mass is 9.97. The van der Waals surface area contributed by atoms with Crippen LogP contribution in [0.15, 0.2) is 47.4 Å². The van der Waals surface area contributed by atoms with Crippen LogP contribution in [-0.4, -0.2) is 48.3 Å². The fraction of sp³-hybridized carbons (Fsp3) is 0.519. The number of hydrogen-bond acceptors (Lipinski definition) is 4. The van der Waals surface area contributed by atoms with Crippen molar-refractivity contribution in [3.63, 3.8) is 0 Å². The second-order valence-electron chi connectivity index (χ2n) is 9.41. The number of aryl methyl sites for hydroxylation is 1. The highest BCUT2D eigenvalue weighted by molar-refractivity contribution is 7.99. The fourth-order valence-electron chi connectivity index (χ4n) is 4.97. The van der Waals surface area contributed by atoms with Gasteiger partial charge in [-0.05, 0) is 63.8 Å². The maximum Gasteiger partial charge on any atom is 0.251 e. The molecule has 4 rings (SSSR count). The van der Waals surface area contributed by atoms with Crippen LogP contribution >= 0.6 is 11.8 Å². The molecule has 0 saturated carbocycles. The molecule has 2 aliphatic rings. The zero-order chi connectivity index (χ0) is 22.5. The predicted molar refractivity (Wildman–Crippen MR) is 136 cm³/mol. The quantitative estimate of drug-likeness (QED) is 0.565. The van der Waals surface area contributed by atoms with Crippen molar-refractivity contribution in [2.75, 3.05) is 30.3 Å². The molecular formula is C27H37N3OS. The highest BCUT2D eigenvalue weighted by Gasteiger charge is 2.24. The summed E-state index contributed by atoms with van der Waals surface area (Å²) in [5, 5.41) is 3.15. The molecule has 2 aliphatic heterocycles. The van der Waals surface area contributed by atoms with E-state index < -0.39 is 0 Å². The van der Waals surface area contributed by atoms with Crippen molar-refractivity contribution in [2.24, 2.45) is 0 Å². The molecule has 0 spiro atoms. The SMILES string of the molecule is Cc1ccc(CN2CCSc3ccc(C(=O)NCCCN4[C@@H](C)CCC[C@@H]4C)cc32)cc1. The Bertz CT molecular complexity index is 904. The van der Waals surface area contributed by atoms with Gasteiger partial charge < -0.3 is 10.2 Å². The third-order valence-corrected chi connectivity index (χ3v) is 7.97. The number of thioether (sulfide) groups is 1. The first kappa shape index (κ1) is 23.2. The van der Waals surface area contributed by atoms with E-state index in [1.807, 2.05) is 17.8 Å². The average molecular weight is 452 g/mol. The predicted octanol–water partition coefficient (Wildman–Crippen LogP) is 5.49. The van der Waals surface area contributed by atoms with E-state index in [4.69, 9.17) is 0 Å². The Morgan fingerprint density at radius 1 is 1.09 bits per heavy atom. The van der Waals surface area contributed by atoms with Gasteiger partial charge in [-0.25, -0.2) is 0 Å². The summed E-state index contributed by atoms with van der Waals surface area (Å²) in [5.74, 6) is 1.12. The summed E-state index contributed by atoms with van der Waals surface area (Å²) in [6, 6.07) is 16.3. The number of hydrogen-bond donors (Lipinski definition) is 1. The normalized spacial score (nSPS) is 21.3. The summed E-state index contributed by atoms with van der Waals surface area (Å²) in [7, 11) is 0. The molecule has 2 heterocycles. The van der Waals surface area contributed by atoms with Crippen molar-refractivity contribution in [3.05, 3.63) is 59.2 Å². The van der Waals surface area contributed by atoms with Crippen molar-refractivity contribution >= 4 is 23.4 Å². The van der Waals surface area contributed by atoms with Gasteiger partial charge in [0.15, 0.2) is 0 Å². The summed E-state index contributed by atoms with van der Waals surface area (Å²) in [6.07, 6.45) is 4.93. The number of benzene rings is 2. The first-order chi connectivity index (χ1) is 15.5. The Morgan fingerprint density at radius 2 is 1.84 bits per heavy atom. The number of likely N-dealkylation sites (tertiary alicyclic amines) is 1. The van der Waals surface area contributed by atoms with Crippen molar-refractivity contribution in [2.45, 2.75) is 70.0 Å². The Kier molecular flexibility index (Phi) is 7.80. The van der Waals surface area contributed by atoms with Gasteiger partial charge in [0.25, 0.3) is 5.91 Å². The van der Waals surface area contributed by atoms with E-state index in [9.17, 15) is 4.79 Å². The van der Waals surface area contributed by atoms with E-state index >= 15 is 0 Å². The third-order valence-electron chi connectivity index (χ3n) is 6.93. The minimum absolute atomic E-state index is 0.0402. The standard InChI is InChI=1S/C27H37N3OS/c1-20-8-10-23(11-9-20)19-29-16-17-32-26-13-12-24(18-25(26)29)27(31)28-14-5-15-30-21(2)6-4-7-22(30)3/h8-13,18,21-22H,4-7,14-17,19H2,1-3H3,(H,28,31)/t21-,22-/m0/s1. The van der Waals surface area contributed by atoms with E-state index in [1.54, 1.807) is 0 Å². The number of anilines is 1. The van der Waals surface area contributed by atoms with Gasteiger partial charge in [0, 0.05) is 54.5 Å². The molecule has 1 fully saturated rings. The highest BCUT2D eigenvalue weighted by atomic mass is 32.2. The summed E-state index contributed by atoms with van der Waals surface area (Å²) in [6.45, 7) is 10.5. The maximum atomic E-state index is 12.9. The van der Waals surface area contributed by atoms with Crippen LogP contribution in [0.5, 0.6) is 0 Å². The molecule has 1 N–H and O–H groups in total. The molecule has 172 valence electrons. The van der Waals surface area contributed by atoms with Crippen LogP contribution in [0.1, 0.15) is 61.0 Å². The molecule has 2 atom stereocenters. The van der Waals surface area contributed by atoms with Gasteiger partial charge in [0.1, 0.15) is 0 Å². The van der Waals surface area contributed by atoms with Gasteiger partial charge in [-0.15, -0.1) is 11.8 Å². The Labute approximate surface area is 197 Å². The highest BCUT2D eigenvalue weighted by Crippen LogP contribution is 2.36. The molecule has 5 heteroatoms. The number of carbonyl (C=O) groups excluding carboxylic acids is 1. The third kappa shape index (κ3) is 5.68. The minimum atomic E-state index is 0.0402. The Morgan fingerprint density at radius 3 is 2.59 bits per heavy atom. The maximum absolute atomic E-state index is 12.9. The van der Waals surface area contributed by atoms with Crippen LogP contribution in [0, 0.1) is 6.92 Å². The van der Waals surface area contributed by atoms with Crippen molar-refractivity contribution < 1.29 is 4.79 Å². The van der Waals surface area contributed by atoms with E-state index in [1.165, 1.54) is 41.0 Å². The van der Waals surface area contributed by atoms with Gasteiger partial charge >= 0.3 is 0 Å². The summed E-state index contributed by atoms with van der Waals surface area (Å²) < 4.78 is 0. The largest absolute Gasteiger partial charge is 0.365 e. The summed E-state index contributed by atoms with van der Waals surface area (Å²) in [5.41, 5.74) is 4.54. The van der Waals surface area contributed by atoms with Gasteiger partial charge in [0.05, 0.1) is 5.69 Å². The minimum Gasteiger partial charge on any atom is -0.365 e. The van der Waals surface area contributed by atoms with Crippen LogP contribution < -0.4 is 10.2 Å². The van der Waals surface area contributed by atoms with E-state index in [-0.39, 0.29) is 5.91 Å². The molecule has 1 amide bonds. The van der Waals surface area contributed by atoms with Crippen LogP contribution in [0.25, 0.3) is 0 Å². The average Bonchev–Trinajstić information content (AvgIpc) is 2.79. The number of nitrogens with zero attached hydrogens (tertiary/aromatic N) is 2. The van der Waals surface area contributed by atoms with Crippen molar-refractivity contribution in [1.82, 2.24) is 10.2 Å². The van der Waals surface area contributed by atoms with Crippen LogP contribution in [-0.2, 0) is 6.54 Å². The van der Waals surface area contributed by atoms with Gasteiger partial charge in [-0.3, -0.25) is 9.69 Å². The molecule has 0 radical (unpaired) electrons. The molecule has 0 aliphatic carbocycles. The number of rotatable bonds is 7. The first-order valence-electron chi connectivity index (χ1n) is 12.1.